The highest BCUT2D eigenvalue weighted by Gasteiger charge is 2.16. The molecule has 2 N–H and O–H groups in total. The Balaban J connectivity index is 1.79. The molecule has 0 aliphatic heterocycles. The topological polar surface area (TPSA) is 88.9 Å². The van der Waals surface area contributed by atoms with E-state index in [2.05, 4.69) is 20.7 Å². The molecule has 160 valence electrons. The van der Waals surface area contributed by atoms with E-state index in [0.717, 1.165) is 23.2 Å². The van der Waals surface area contributed by atoms with Gasteiger partial charge in [0.1, 0.15) is 11.7 Å². The van der Waals surface area contributed by atoms with E-state index in [1.807, 2.05) is 62.5 Å². The van der Waals surface area contributed by atoms with Gasteiger partial charge in [-0.25, -0.2) is 4.68 Å². The van der Waals surface area contributed by atoms with Crippen LogP contribution in [0, 0.1) is 0 Å². The van der Waals surface area contributed by atoms with Crippen molar-refractivity contribution in [2.75, 3.05) is 0 Å². The molecule has 0 fully saturated rings. The van der Waals surface area contributed by atoms with Gasteiger partial charge in [0.2, 0.25) is 11.8 Å². The van der Waals surface area contributed by atoms with E-state index in [1.54, 1.807) is 30.1 Å². The second-order valence-corrected chi connectivity index (χ2v) is 7.34. The summed E-state index contributed by atoms with van der Waals surface area (Å²) in [5.41, 5.74) is 3.23. The lowest BCUT2D eigenvalue weighted by atomic mass is 10.1. The molecule has 1 aromatic carbocycles. The fourth-order valence-corrected chi connectivity index (χ4v) is 2.91. The number of pyridine rings is 1. The summed E-state index contributed by atoms with van der Waals surface area (Å²) >= 11 is 0. The zero-order chi connectivity index (χ0) is 22.2. The monoisotopic (exact) mass is 417 g/mol. The summed E-state index contributed by atoms with van der Waals surface area (Å²) in [5, 5.41) is 10.3. The number of aromatic nitrogens is 3. The first-order valence-electron chi connectivity index (χ1n) is 10.3. The number of benzene rings is 1. The molecule has 2 atom stereocenters. The number of nitrogens with one attached hydrogen (secondary N) is 2. The Morgan fingerprint density at radius 3 is 2.55 bits per heavy atom. The summed E-state index contributed by atoms with van der Waals surface area (Å²) in [4.78, 5) is 28.7. The number of hydrogen-bond acceptors (Lipinski definition) is 4. The van der Waals surface area contributed by atoms with Gasteiger partial charge in [-0.05, 0) is 50.6 Å². The number of nitrogens with zero attached hydrogens (tertiary/aromatic N) is 3. The second kappa shape index (κ2) is 10.3. The van der Waals surface area contributed by atoms with Crippen molar-refractivity contribution < 1.29 is 9.59 Å². The summed E-state index contributed by atoms with van der Waals surface area (Å²) < 4.78 is 1.77. The third kappa shape index (κ3) is 5.88. The maximum atomic E-state index is 12.4. The molecule has 2 aromatic heterocycles. The third-order valence-electron chi connectivity index (χ3n) is 4.87. The molecule has 3 rings (SSSR count). The van der Waals surface area contributed by atoms with Crippen molar-refractivity contribution in [2.45, 2.75) is 39.3 Å². The number of hydrogen-bond donors (Lipinski definition) is 2. The van der Waals surface area contributed by atoms with Crippen LogP contribution in [0.1, 0.15) is 32.8 Å². The predicted octanol–water partition coefficient (Wildman–Crippen LogP) is 3.37. The summed E-state index contributed by atoms with van der Waals surface area (Å²) in [6.45, 7) is 5.58. The van der Waals surface area contributed by atoms with Crippen LogP contribution < -0.4 is 10.6 Å². The fraction of sp³-hybridized carbons (Fsp3) is 0.250. The highest BCUT2D eigenvalue weighted by Crippen LogP contribution is 2.24. The van der Waals surface area contributed by atoms with E-state index in [1.165, 1.54) is 6.08 Å². The van der Waals surface area contributed by atoms with Gasteiger partial charge in [-0.2, -0.15) is 5.10 Å². The Hall–Kier alpha value is -3.74. The Kier molecular flexibility index (Phi) is 7.32. The van der Waals surface area contributed by atoms with Crippen LogP contribution in [0.25, 0.3) is 23.0 Å². The number of para-hydroxylation sites is 1. The molecule has 0 saturated heterocycles. The first-order valence-corrected chi connectivity index (χ1v) is 10.3. The van der Waals surface area contributed by atoms with Crippen molar-refractivity contribution in [1.82, 2.24) is 25.4 Å². The molecule has 0 aliphatic rings. The van der Waals surface area contributed by atoms with Gasteiger partial charge in [0.05, 0.1) is 5.69 Å². The smallest absolute Gasteiger partial charge is 0.244 e. The molecule has 0 bridgehead atoms. The molecular weight excluding hydrogens is 390 g/mol. The molecule has 0 aliphatic carbocycles. The number of rotatable bonds is 8. The highest BCUT2D eigenvalue weighted by atomic mass is 16.2. The van der Waals surface area contributed by atoms with Gasteiger partial charge < -0.3 is 10.6 Å². The Labute approximate surface area is 182 Å². The molecule has 2 heterocycles. The molecule has 0 radical (unpaired) electrons. The van der Waals surface area contributed by atoms with Crippen LogP contribution >= 0.6 is 0 Å². The van der Waals surface area contributed by atoms with E-state index in [0.29, 0.717) is 5.69 Å². The zero-order valence-electron chi connectivity index (χ0n) is 17.9. The van der Waals surface area contributed by atoms with Crippen molar-refractivity contribution in [1.29, 1.82) is 0 Å². The van der Waals surface area contributed by atoms with Gasteiger partial charge in [-0.15, -0.1) is 0 Å². The molecule has 2 unspecified atom stereocenters. The zero-order valence-corrected chi connectivity index (χ0v) is 17.9. The quantitative estimate of drug-likeness (QED) is 0.550. The van der Waals surface area contributed by atoms with Crippen LogP contribution in [0.15, 0.2) is 67.1 Å². The standard InChI is InChI=1S/C24H27N5O2/c1-4-17(2)26-24(31)18(3)27-22(30)13-12-20-16-29(21-10-6-5-7-11-21)28-23(20)19-9-8-14-25-15-19/h5-18H,4H2,1-3H3,(H,26,31)(H,27,30)/b13-12+. The minimum atomic E-state index is -0.629. The van der Waals surface area contributed by atoms with E-state index in [4.69, 9.17) is 0 Å². The molecule has 7 heteroatoms. The Morgan fingerprint density at radius 1 is 1.10 bits per heavy atom. The minimum absolute atomic E-state index is 0.0632. The van der Waals surface area contributed by atoms with Crippen LogP contribution in [0.4, 0.5) is 0 Å². The molecule has 3 aromatic rings. The molecule has 7 nitrogen and oxygen atoms in total. The average molecular weight is 418 g/mol. The number of carbonyl (C=O) groups excluding carboxylic acids is 2. The molecule has 31 heavy (non-hydrogen) atoms. The van der Waals surface area contributed by atoms with Crippen molar-refractivity contribution in [3.8, 4) is 16.9 Å². The van der Waals surface area contributed by atoms with Gasteiger partial charge in [0, 0.05) is 41.8 Å². The van der Waals surface area contributed by atoms with Crippen LogP contribution in [0.5, 0.6) is 0 Å². The first-order chi connectivity index (χ1) is 15.0. The van der Waals surface area contributed by atoms with Gasteiger partial charge in [-0.3, -0.25) is 14.6 Å². The minimum Gasteiger partial charge on any atom is -0.352 e. The number of carbonyl (C=O) groups is 2. The van der Waals surface area contributed by atoms with E-state index in [9.17, 15) is 9.59 Å². The van der Waals surface area contributed by atoms with Crippen LogP contribution in [-0.4, -0.2) is 38.7 Å². The summed E-state index contributed by atoms with van der Waals surface area (Å²) in [6.07, 6.45) is 9.24. The largest absolute Gasteiger partial charge is 0.352 e. The molecule has 0 saturated carbocycles. The lowest BCUT2D eigenvalue weighted by molar-refractivity contribution is -0.127. The normalized spacial score (nSPS) is 13.0. The first kappa shape index (κ1) is 22.0. The average Bonchev–Trinajstić information content (AvgIpc) is 3.23. The second-order valence-electron chi connectivity index (χ2n) is 7.34. The van der Waals surface area contributed by atoms with E-state index < -0.39 is 6.04 Å². The predicted molar refractivity (Wildman–Crippen MR) is 121 cm³/mol. The van der Waals surface area contributed by atoms with Gasteiger partial charge in [-0.1, -0.05) is 25.1 Å². The van der Waals surface area contributed by atoms with Crippen LogP contribution in [0.3, 0.4) is 0 Å². The summed E-state index contributed by atoms with van der Waals surface area (Å²) in [7, 11) is 0. The van der Waals surface area contributed by atoms with Crippen molar-refractivity contribution in [3.05, 3.63) is 72.7 Å². The lowest BCUT2D eigenvalue weighted by Crippen LogP contribution is -2.46. The van der Waals surface area contributed by atoms with Crippen molar-refractivity contribution in [2.24, 2.45) is 0 Å². The molecular formula is C24H27N5O2. The van der Waals surface area contributed by atoms with Crippen LogP contribution in [-0.2, 0) is 9.59 Å². The Morgan fingerprint density at radius 2 is 1.87 bits per heavy atom. The molecule has 2 amide bonds. The van der Waals surface area contributed by atoms with Crippen molar-refractivity contribution >= 4 is 17.9 Å². The number of amides is 2. The third-order valence-corrected chi connectivity index (χ3v) is 4.87. The highest BCUT2D eigenvalue weighted by molar-refractivity contribution is 5.96. The van der Waals surface area contributed by atoms with Crippen molar-refractivity contribution in [3.63, 3.8) is 0 Å². The van der Waals surface area contributed by atoms with Gasteiger partial charge in [0.15, 0.2) is 0 Å². The van der Waals surface area contributed by atoms with E-state index >= 15 is 0 Å². The SMILES string of the molecule is CCC(C)NC(=O)C(C)NC(=O)/C=C/c1cn(-c2ccccc2)nc1-c1cccnc1. The summed E-state index contributed by atoms with van der Waals surface area (Å²) in [5.74, 6) is -0.555. The van der Waals surface area contributed by atoms with Gasteiger partial charge in [0.25, 0.3) is 0 Å². The van der Waals surface area contributed by atoms with Crippen LogP contribution in [0.2, 0.25) is 0 Å². The fourth-order valence-electron chi connectivity index (χ4n) is 2.91. The Bertz CT molecular complexity index is 1040. The summed E-state index contributed by atoms with van der Waals surface area (Å²) in [6, 6.07) is 12.9. The van der Waals surface area contributed by atoms with E-state index in [-0.39, 0.29) is 17.9 Å². The lowest BCUT2D eigenvalue weighted by Gasteiger charge is -2.16. The van der Waals surface area contributed by atoms with Gasteiger partial charge >= 0.3 is 0 Å². The maximum absolute atomic E-state index is 12.4. The molecule has 0 spiro atoms. The maximum Gasteiger partial charge on any atom is 0.244 e.